The van der Waals surface area contributed by atoms with Gasteiger partial charge in [-0.3, -0.25) is 14.7 Å². The second-order valence-electron chi connectivity index (χ2n) is 6.58. The largest absolute Gasteiger partial charge is 0.384 e. The molecule has 4 rings (SSSR count). The molecule has 0 unspecified atom stereocenters. The lowest BCUT2D eigenvalue weighted by Crippen LogP contribution is -2.38. The minimum Gasteiger partial charge on any atom is -0.384 e. The van der Waals surface area contributed by atoms with Crippen molar-refractivity contribution >= 4 is 11.5 Å². The molecule has 0 radical (unpaired) electrons. The van der Waals surface area contributed by atoms with E-state index in [4.69, 9.17) is 5.73 Å². The molecule has 2 N–H and O–H groups in total. The molecule has 134 valence electrons. The fourth-order valence-corrected chi connectivity index (χ4v) is 3.85. The van der Waals surface area contributed by atoms with Gasteiger partial charge in [-0.15, -0.1) is 0 Å². The number of rotatable bonds is 2. The zero-order valence-electron chi connectivity index (χ0n) is 14.5. The maximum absolute atomic E-state index is 13.4. The Morgan fingerprint density at radius 3 is 2.67 bits per heavy atom. The van der Waals surface area contributed by atoms with Gasteiger partial charge in [0.1, 0.15) is 11.6 Å². The van der Waals surface area contributed by atoms with Crippen LogP contribution in [0.4, 0.5) is 10.1 Å². The molecule has 0 saturated carbocycles. The van der Waals surface area contributed by atoms with Crippen LogP contribution in [0.15, 0.2) is 71.5 Å². The summed E-state index contributed by atoms with van der Waals surface area (Å²) in [6, 6.07) is 11.7. The molecule has 1 aliphatic heterocycles. The van der Waals surface area contributed by atoms with Crippen molar-refractivity contribution in [3.63, 3.8) is 0 Å². The number of nitrogens with zero attached hydrogens (tertiary/aromatic N) is 3. The fourth-order valence-electron chi connectivity index (χ4n) is 3.85. The Hall–Kier alpha value is -3.46. The lowest BCUT2D eigenvalue weighted by Gasteiger charge is -2.39. The lowest BCUT2D eigenvalue weighted by atomic mass is 9.76. The lowest BCUT2D eigenvalue weighted by molar-refractivity contribution is -0.116. The van der Waals surface area contributed by atoms with Crippen LogP contribution in [-0.2, 0) is 4.79 Å². The van der Waals surface area contributed by atoms with Crippen molar-refractivity contribution in [3.05, 3.63) is 82.8 Å². The average molecular weight is 360 g/mol. The number of aromatic nitrogens is 1. The molecule has 2 heterocycles. The molecule has 0 saturated heterocycles. The first kappa shape index (κ1) is 17.0. The van der Waals surface area contributed by atoms with Gasteiger partial charge in [-0.2, -0.15) is 5.26 Å². The first-order chi connectivity index (χ1) is 13.1. The van der Waals surface area contributed by atoms with E-state index in [2.05, 4.69) is 11.1 Å². The summed E-state index contributed by atoms with van der Waals surface area (Å²) < 4.78 is 13.4. The van der Waals surface area contributed by atoms with Gasteiger partial charge in [0.25, 0.3) is 0 Å². The van der Waals surface area contributed by atoms with E-state index in [1.54, 1.807) is 35.5 Å². The fraction of sp³-hybridized carbons (Fsp3) is 0.190. The summed E-state index contributed by atoms with van der Waals surface area (Å²) in [6.45, 7) is 0. The molecular weight excluding hydrogens is 343 g/mol. The quantitative estimate of drug-likeness (QED) is 0.886. The number of anilines is 1. The van der Waals surface area contributed by atoms with Gasteiger partial charge >= 0.3 is 0 Å². The van der Waals surface area contributed by atoms with E-state index >= 15 is 0 Å². The Labute approximate surface area is 156 Å². The molecule has 1 aromatic heterocycles. The van der Waals surface area contributed by atoms with Crippen molar-refractivity contribution in [3.8, 4) is 6.07 Å². The molecule has 5 nitrogen and oxygen atoms in total. The molecule has 0 spiro atoms. The minimum atomic E-state index is -0.525. The second kappa shape index (κ2) is 6.69. The Kier molecular flexibility index (Phi) is 4.21. The molecule has 0 bridgehead atoms. The zero-order chi connectivity index (χ0) is 19.0. The molecule has 2 aromatic rings. The van der Waals surface area contributed by atoms with Crippen molar-refractivity contribution in [1.82, 2.24) is 4.98 Å². The van der Waals surface area contributed by atoms with Crippen molar-refractivity contribution in [2.24, 2.45) is 5.73 Å². The number of pyridine rings is 1. The molecule has 6 heteroatoms. The predicted molar refractivity (Wildman–Crippen MR) is 98.6 cm³/mol. The third kappa shape index (κ3) is 2.77. The van der Waals surface area contributed by atoms with E-state index in [1.807, 2.05) is 6.07 Å². The number of hydrogen-bond donors (Lipinski definition) is 1. The molecule has 0 fully saturated rings. The Balaban J connectivity index is 1.96. The van der Waals surface area contributed by atoms with Crippen LogP contribution >= 0.6 is 0 Å². The summed E-state index contributed by atoms with van der Waals surface area (Å²) in [6.07, 6.45) is 5.12. The third-order valence-corrected chi connectivity index (χ3v) is 5.02. The SMILES string of the molecule is N#CC1=C(N)N(c2ccc(F)cc2)C2=C(C(=O)CCC2)[C@H]1c1cccnc1. The van der Waals surface area contributed by atoms with Gasteiger partial charge in [0, 0.05) is 35.8 Å². The number of carbonyl (C=O) groups excluding carboxylic acids is 1. The Morgan fingerprint density at radius 1 is 1.22 bits per heavy atom. The number of hydrogen-bond acceptors (Lipinski definition) is 5. The van der Waals surface area contributed by atoms with Crippen LogP contribution in [0, 0.1) is 17.1 Å². The highest BCUT2D eigenvalue weighted by atomic mass is 19.1. The molecule has 1 aromatic carbocycles. The van der Waals surface area contributed by atoms with Gasteiger partial charge in [0.15, 0.2) is 5.78 Å². The standard InChI is InChI=1S/C21H17FN4O/c22-14-6-8-15(9-7-14)26-17-4-1-5-18(27)20(17)19(16(11-23)21(26)24)13-3-2-10-25-12-13/h2-3,6-10,12,19H,1,4-5,24H2/t19-/m0/s1. The number of carbonyl (C=O) groups is 1. The molecule has 1 aliphatic carbocycles. The Bertz CT molecular complexity index is 1000. The normalized spacial score (nSPS) is 19.8. The number of allylic oxidation sites excluding steroid dienone is 3. The smallest absolute Gasteiger partial charge is 0.161 e. The molecule has 1 atom stereocenters. The molecular formula is C21H17FN4O. The van der Waals surface area contributed by atoms with Gasteiger partial charge in [0.05, 0.1) is 17.6 Å². The highest BCUT2D eigenvalue weighted by molar-refractivity contribution is 6.01. The first-order valence-corrected chi connectivity index (χ1v) is 8.73. The van der Waals surface area contributed by atoms with E-state index in [9.17, 15) is 14.4 Å². The van der Waals surface area contributed by atoms with Gasteiger partial charge in [-0.25, -0.2) is 4.39 Å². The van der Waals surface area contributed by atoms with Crippen LogP contribution in [0.1, 0.15) is 30.7 Å². The maximum atomic E-state index is 13.4. The van der Waals surface area contributed by atoms with Crippen LogP contribution in [-0.4, -0.2) is 10.8 Å². The molecule has 27 heavy (non-hydrogen) atoms. The van der Waals surface area contributed by atoms with Crippen LogP contribution in [0.25, 0.3) is 0 Å². The summed E-state index contributed by atoms with van der Waals surface area (Å²) in [7, 11) is 0. The highest BCUT2D eigenvalue weighted by Gasteiger charge is 2.40. The van der Waals surface area contributed by atoms with Crippen molar-refractivity contribution in [2.45, 2.75) is 25.2 Å². The summed E-state index contributed by atoms with van der Waals surface area (Å²) in [5, 5.41) is 9.85. The number of Topliss-reactive ketones (excluding diaryl/α,β-unsaturated/α-hetero) is 1. The third-order valence-electron chi connectivity index (χ3n) is 5.02. The van der Waals surface area contributed by atoms with Crippen LogP contribution < -0.4 is 10.6 Å². The molecule has 2 aliphatic rings. The average Bonchev–Trinajstić information content (AvgIpc) is 2.69. The maximum Gasteiger partial charge on any atom is 0.161 e. The number of ketones is 1. The van der Waals surface area contributed by atoms with Crippen LogP contribution in [0.3, 0.4) is 0 Å². The first-order valence-electron chi connectivity index (χ1n) is 8.73. The second-order valence-corrected chi connectivity index (χ2v) is 6.58. The minimum absolute atomic E-state index is 0.0115. The summed E-state index contributed by atoms with van der Waals surface area (Å²) in [4.78, 5) is 18.7. The van der Waals surface area contributed by atoms with Crippen LogP contribution in [0.2, 0.25) is 0 Å². The van der Waals surface area contributed by atoms with Crippen molar-refractivity contribution in [1.29, 1.82) is 5.26 Å². The van der Waals surface area contributed by atoms with E-state index < -0.39 is 5.92 Å². The highest BCUT2D eigenvalue weighted by Crippen LogP contribution is 2.45. The van der Waals surface area contributed by atoms with Gasteiger partial charge in [-0.05, 0) is 48.7 Å². The number of halogens is 1. The van der Waals surface area contributed by atoms with E-state index in [1.165, 1.54) is 12.1 Å². The topological polar surface area (TPSA) is 83.0 Å². The molecule has 0 amide bonds. The number of nitriles is 1. The van der Waals surface area contributed by atoms with Crippen molar-refractivity contribution < 1.29 is 9.18 Å². The van der Waals surface area contributed by atoms with Gasteiger partial charge < -0.3 is 5.73 Å². The Morgan fingerprint density at radius 2 is 2.00 bits per heavy atom. The number of nitrogens with two attached hydrogens (primary N) is 1. The van der Waals surface area contributed by atoms with Gasteiger partial charge in [-0.1, -0.05) is 6.07 Å². The zero-order valence-corrected chi connectivity index (χ0v) is 14.5. The monoisotopic (exact) mass is 360 g/mol. The van der Waals surface area contributed by atoms with E-state index in [-0.39, 0.29) is 17.4 Å². The number of benzene rings is 1. The summed E-state index contributed by atoms with van der Waals surface area (Å²) in [5.74, 6) is -0.604. The van der Waals surface area contributed by atoms with E-state index in [0.29, 0.717) is 36.1 Å². The van der Waals surface area contributed by atoms with E-state index in [0.717, 1.165) is 11.3 Å². The predicted octanol–water partition coefficient (Wildman–Crippen LogP) is 3.53. The van der Waals surface area contributed by atoms with Crippen molar-refractivity contribution in [2.75, 3.05) is 4.90 Å². The summed E-state index contributed by atoms with van der Waals surface area (Å²) >= 11 is 0. The van der Waals surface area contributed by atoms with Crippen LogP contribution in [0.5, 0.6) is 0 Å². The summed E-state index contributed by atoms with van der Waals surface area (Å²) in [5.41, 5.74) is 9.48. The van der Waals surface area contributed by atoms with Gasteiger partial charge in [0.2, 0.25) is 0 Å².